The first-order valence-corrected chi connectivity index (χ1v) is 28.1. The normalized spacial score (nSPS) is 25.4. The number of guanidine groups is 1. The van der Waals surface area contributed by atoms with Crippen LogP contribution in [0.3, 0.4) is 0 Å². The summed E-state index contributed by atoms with van der Waals surface area (Å²) in [6, 6.07) is -1.39. The molecule has 4 rings (SSSR count). The first kappa shape index (κ1) is 61.4. The zero-order valence-corrected chi connectivity index (χ0v) is 45.0. The molecule has 1 aromatic carbocycles. The number of likely N-dealkylation sites (tertiary alicyclic amines) is 1. The zero-order valence-electron chi connectivity index (χ0n) is 43.4. The number of carbonyl (C=O) groups excluding carboxylic acids is 10. The second kappa shape index (κ2) is 29.8. The lowest BCUT2D eigenvalue weighted by molar-refractivity contribution is -0.142. The van der Waals surface area contributed by atoms with Gasteiger partial charge in [-0.1, -0.05) is 112 Å². The Labute approximate surface area is 446 Å². The van der Waals surface area contributed by atoms with Crippen molar-refractivity contribution >= 4 is 86.6 Å². The monoisotopic (exact) mass is 1090 g/mol. The minimum atomic E-state index is -1.66. The molecule has 0 radical (unpaired) electrons. The molecule has 24 nitrogen and oxygen atoms in total. The molecule has 1 aromatic rings. The molecule has 0 aromatic heterocycles. The number of carbonyl (C=O) groups is 10. The maximum atomic E-state index is 14.9. The number of nitrogens with one attached hydrogen (secondary N) is 7. The van der Waals surface area contributed by atoms with Gasteiger partial charge < -0.3 is 70.8 Å². The van der Waals surface area contributed by atoms with E-state index in [0.29, 0.717) is 50.5 Å². The van der Waals surface area contributed by atoms with Crippen molar-refractivity contribution < 1.29 is 47.9 Å². The van der Waals surface area contributed by atoms with E-state index in [4.69, 9.17) is 28.7 Å². The van der Waals surface area contributed by atoms with Crippen LogP contribution in [-0.4, -0.2) is 148 Å². The lowest BCUT2D eigenvalue weighted by atomic mass is 9.82. The van der Waals surface area contributed by atoms with Crippen molar-refractivity contribution in [3.63, 3.8) is 0 Å². The third-order valence-corrected chi connectivity index (χ3v) is 17.4. The summed E-state index contributed by atoms with van der Waals surface area (Å²) < 4.78 is -0.924. The first-order valence-electron chi connectivity index (χ1n) is 25.7. The maximum absolute atomic E-state index is 14.9. The summed E-state index contributed by atoms with van der Waals surface area (Å²) in [5.74, 6) is -9.05. The molecule has 416 valence electrons. The second-order valence-electron chi connectivity index (χ2n) is 19.6. The summed E-state index contributed by atoms with van der Waals surface area (Å²) >= 11 is 0. The molecule has 1 aliphatic carbocycles. The average molecular weight is 1090 g/mol. The van der Waals surface area contributed by atoms with E-state index >= 15 is 0 Å². The second-order valence-corrected chi connectivity index (χ2v) is 22.4. The minimum absolute atomic E-state index is 0.000144. The van der Waals surface area contributed by atoms with Crippen molar-refractivity contribution in [1.82, 2.24) is 42.1 Å². The Bertz CT molecular complexity index is 2220. The fraction of sp³-hybridized carbons (Fsp3) is 0.653. The van der Waals surface area contributed by atoms with E-state index in [0.717, 1.165) is 17.2 Å². The molecular weight excluding hydrogens is 1010 g/mol. The lowest BCUT2D eigenvalue weighted by Gasteiger charge is -2.41. The Morgan fingerprint density at radius 3 is 1.96 bits per heavy atom. The maximum Gasteiger partial charge on any atom is 0.246 e. The Balaban J connectivity index is 1.78. The van der Waals surface area contributed by atoms with Crippen LogP contribution in [0.15, 0.2) is 35.3 Å². The number of rotatable bonds is 18. The largest absolute Gasteiger partial charge is 0.370 e. The Hall–Kier alpha value is -6.15. The van der Waals surface area contributed by atoms with Crippen LogP contribution in [0.25, 0.3) is 0 Å². The number of amides is 10. The highest BCUT2D eigenvalue weighted by Crippen LogP contribution is 2.48. The van der Waals surface area contributed by atoms with Crippen molar-refractivity contribution in [2.24, 2.45) is 45.5 Å². The number of hydrogen-bond donors (Lipinski definition) is 12. The predicted molar refractivity (Wildman–Crippen MR) is 285 cm³/mol. The molecule has 0 bridgehead atoms. The van der Waals surface area contributed by atoms with Crippen molar-refractivity contribution in [3.8, 4) is 0 Å². The summed E-state index contributed by atoms with van der Waals surface area (Å²) in [6.45, 7) is 6.82. The van der Waals surface area contributed by atoms with Crippen LogP contribution in [0.4, 0.5) is 0 Å². The highest BCUT2D eigenvalue weighted by Gasteiger charge is 2.46. The molecule has 2 saturated heterocycles. The van der Waals surface area contributed by atoms with Crippen LogP contribution < -0.4 is 65.9 Å². The van der Waals surface area contributed by atoms with Crippen LogP contribution in [0.2, 0.25) is 0 Å². The smallest absolute Gasteiger partial charge is 0.246 e. The first-order chi connectivity index (χ1) is 35.6. The summed E-state index contributed by atoms with van der Waals surface area (Å²) in [7, 11) is 2.44. The van der Waals surface area contributed by atoms with Crippen LogP contribution in [-0.2, 0) is 54.4 Å². The van der Waals surface area contributed by atoms with Crippen molar-refractivity contribution in [1.29, 1.82) is 0 Å². The Morgan fingerprint density at radius 2 is 1.37 bits per heavy atom. The van der Waals surface area contributed by atoms with Gasteiger partial charge in [0.1, 0.15) is 42.3 Å². The van der Waals surface area contributed by atoms with Gasteiger partial charge in [-0.2, -0.15) is 0 Å². The average Bonchev–Trinajstić information content (AvgIpc) is 3.88. The van der Waals surface area contributed by atoms with Crippen molar-refractivity contribution in [3.05, 3.63) is 35.9 Å². The number of nitrogens with zero attached hydrogens (tertiary/aromatic N) is 2. The third kappa shape index (κ3) is 18.3. The van der Waals surface area contributed by atoms with E-state index in [1.54, 1.807) is 51.1 Å². The number of benzene rings is 1. The third-order valence-electron chi connectivity index (χ3n) is 14.0. The van der Waals surface area contributed by atoms with Crippen LogP contribution in [0.1, 0.15) is 110 Å². The highest BCUT2D eigenvalue weighted by molar-refractivity contribution is 8.77. The topological polar surface area (TPSA) is 401 Å². The van der Waals surface area contributed by atoms with Gasteiger partial charge in [0.25, 0.3) is 0 Å². The molecule has 1 saturated carbocycles. The molecule has 17 N–H and O–H groups in total. The summed E-state index contributed by atoms with van der Waals surface area (Å²) in [5.41, 5.74) is 29.4. The van der Waals surface area contributed by atoms with Gasteiger partial charge in [0.05, 0.1) is 23.8 Å². The zero-order chi connectivity index (χ0) is 55.4. The van der Waals surface area contributed by atoms with Gasteiger partial charge in [0.2, 0.25) is 59.1 Å². The summed E-state index contributed by atoms with van der Waals surface area (Å²) in [5, 5.41) is 18.9. The predicted octanol–water partition coefficient (Wildman–Crippen LogP) is -1.82. The molecule has 10 atom stereocenters. The fourth-order valence-electron chi connectivity index (χ4n) is 9.24. The quantitative estimate of drug-likeness (QED) is 0.0333. The fourth-order valence-corrected chi connectivity index (χ4v) is 12.7. The van der Waals surface area contributed by atoms with Gasteiger partial charge in [-0.3, -0.25) is 52.9 Å². The Kier molecular flexibility index (Phi) is 24.4. The SMILES string of the molecule is CC[C@@H](C)[C@@H]1NC(=O)[C@H](Cc2ccccc2)NC(=O)[C@@H]([C@H](C)CC)NC(=O)[C@H](N)C2(CCCCC2)SSC[C@@H](C(=O)N2CCC[C@H]2C(=O)N[C@@H](CCCN=C(N)N)C(=O)NCC(N)=O)NC(=O)[C@H](CC(N)=O)NC1=O. The van der Waals surface area contributed by atoms with E-state index in [9.17, 15) is 47.9 Å². The van der Waals surface area contributed by atoms with Gasteiger partial charge in [-0.25, -0.2) is 0 Å². The van der Waals surface area contributed by atoms with Crippen molar-refractivity contribution in [2.75, 3.05) is 25.4 Å². The molecule has 3 fully saturated rings. The molecule has 1 spiro atoms. The van der Waals surface area contributed by atoms with E-state index in [1.165, 1.54) is 15.7 Å². The van der Waals surface area contributed by atoms with E-state index in [-0.39, 0.29) is 50.5 Å². The molecule has 3 aliphatic rings. The molecule has 2 heterocycles. The summed E-state index contributed by atoms with van der Waals surface area (Å²) in [6.07, 6.45) is 4.19. The lowest BCUT2D eigenvalue weighted by Crippen LogP contribution is -2.63. The molecule has 75 heavy (non-hydrogen) atoms. The number of nitrogens with two attached hydrogens (primary N) is 5. The molecular formula is C49H78N14O10S2. The van der Waals surface area contributed by atoms with Gasteiger partial charge in [-0.05, 0) is 55.9 Å². The molecule has 26 heteroatoms. The minimum Gasteiger partial charge on any atom is -0.370 e. The van der Waals surface area contributed by atoms with Crippen LogP contribution in [0, 0.1) is 11.8 Å². The van der Waals surface area contributed by atoms with Gasteiger partial charge in [0.15, 0.2) is 5.96 Å². The molecule has 0 unspecified atom stereocenters. The van der Waals surface area contributed by atoms with E-state index < -0.39 is 137 Å². The highest BCUT2D eigenvalue weighted by atomic mass is 33.1. The van der Waals surface area contributed by atoms with Gasteiger partial charge in [0, 0.05) is 25.3 Å². The van der Waals surface area contributed by atoms with Gasteiger partial charge >= 0.3 is 0 Å². The Morgan fingerprint density at radius 1 is 0.773 bits per heavy atom. The number of aliphatic imine (C=N–C) groups is 1. The number of hydrogen-bond acceptors (Lipinski definition) is 14. The van der Waals surface area contributed by atoms with Gasteiger partial charge in [-0.15, -0.1) is 0 Å². The number of primary amides is 2. The van der Waals surface area contributed by atoms with Crippen molar-refractivity contribution in [2.45, 2.75) is 164 Å². The van der Waals surface area contributed by atoms with E-state index in [1.807, 2.05) is 6.92 Å². The van der Waals surface area contributed by atoms with Crippen LogP contribution in [0.5, 0.6) is 0 Å². The van der Waals surface area contributed by atoms with E-state index in [2.05, 4.69) is 42.2 Å². The molecule has 2 aliphatic heterocycles. The summed E-state index contributed by atoms with van der Waals surface area (Å²) in [4.78, 5) is 144. The van der Waals surface area contributed by atoms with Crippen LogP contribution >= 0.6 is 21.6 Å². The standard InChI is InChI=1S/C49H78N14O10S2/c1-5-27(3)37-44(70)59-32(24-35(50)64)41(67)60-33(47(73)63-22-14-18-34(63)43(69)57-30(17-13-21-55-48(53)54)40(66)56-25-36(51)65)26-74-75-49(19-11-8-12-20-49)39(52)46(72)62-38(28(4)6-2)45(71)58-31(42(68)61-37)23-29-15-9-7-10-16-29/h7,9-10,15-16,27-28,30-34,37-39H,5-6,8,11-14,17-26,52H2,1-4H3,(H2,50,64)(H2,51,65)(H,56,66)(H,57,69)(H,58,71)(H,59,70)(H,60,67)(H,61,68)(H,62,72)(H4,53,54,55)/t27-,28-,30+,31+,32+,33+,34+,37+,38-,39+/m1/s1. The molecule has 10 amide bonds.